The van der Waals surface area contributed by atoms with Gasteiger partial charge in [-0.1, -0.05) is 0 Å². The van der Waals surface area contributed by atoms with E-state index in [9.17, 15) is 13.5 Å². The quantitative estimate of drug-likeness (QED) is 0.540. The molecule has 1 unspecified atom stereocenters. The minimum atomic E-state index is -3.23. The van der Waals surface area contributed by atoms with Crippen LogP contribution >= 0.6 is 0 Å². The number of aliphatic hydroxyl groups is 1. The summed E-state index contributed by atoms with van der Waals surface area (Å²) in [6, 6.07) is 0. The fourth-order valence-electron chi connectivity index (χ4n) is 1.45. The SMILES string of the molecule is CC(C)OCC(O)CNCC(C)(C)NS(C)(=O)=O. The fraction of sp³-hybridized carbons (Fsp3) is 1.00. The third kappa shape index (κ3) is 10.9. The number of nitrogens with one attached hydrogen (secondary N) is 2. The van der Waals surface area contributed by atoms with Gasteiger partial charge >= 0.3 is 0 Å². The Morgan fingerprint density at radius 2 is 1.89 bits per heavy atom. The maximum Gasteiger partial charge on any atom is 0.209 e. The molecular formula is C11H26N2O4S. The van der Waals surface area contributed by atoms with E-state index in [1.165, 1.54) is 0 Å². The molecular weight excluding hydrogens is 256 g/mol. The lowest BCUT2D eigenvalue weighted by Gasteiger charge is -2.26. The van der Waals surface area contributed by atoms with Crippen molar-refractivity contribution in [1.82, 2.24) is 10.0 Å². The molecule has 0 heterocycles. The van der Waals surface area contributed by atoms with E-state index in [1.807, 2.05) is 13.8 Å². The first-order valence-electron chi connectivity index (χ1n) is 6.01. The molecule has 0 aromatic rings. The Bertz CT molecular complexity index is 328. The van der Waals surface area contributed by atoms with Gasteiger partial charge in [0.25, 0.3) is 0 Å². The summed E-state index contributed by atoms with van der Waals surface area (Å²) in [5.74, 6) is 0. The van der Waals surface area contributed by atoms with Gasteiger partial charge in [0, 0.05) is 18.6 Å². The fourth-order valence-corrected chi connectivity index (χ4v) is 2.53. The van der Waals surface area contributed by atoms with E-state index in [-0.39, 0.29) is 12.7 Å². The summed E-state index contributed by atoms with van der Waals surface area (Å²) in [4.78, 5) is 0. The van der Waals surface area contributed by atoms with Gasteiger partial charge in [0.1, 0.15) is 0 Å². The van der Waals surface area contributed by atoms with Crippen LogP contribution in [0.25, 0.3) is 0 Å². The van der Waals surface area contributed by atoms with Crippen LogP contribution in [0.3, 0.4) is 0 Å². The number of rotatable bonds is 9. The molecule has 0 saturated heterocycles. The van der Waals surface area contributed by atoms with E-state index in [0.29, 0.717) is 13.1 Å². The molecule has 0 aliphatic heterocycles. The van der Waals surface area contributed by atoms with Crippen LogP contribution in [-0.4, -0.2) is 57.2 Å². The molecule has 0 saturated carbocycles. The third-order valence-electron chi connectivity index (χ3n) is 2.03. The maximum absolute atomic E-state index is 11.1. The molecule has 6 nitrogen and oxygen atoms in total. The van der Waals surface area contributed by atoms with Crippen LogP contribution in [0.15, 0.2) is 0 Å². The Labute approximate surface area is 110 Å². The highest BCUT2D eigenvalue weighted by molar-refractivity contribution is 7.88. The zero-order valence-electron chi connectivity index (χ0n) is 11.9. The van der Waals surface area contributed by atoms with Crippen LogP contribution in [0, 0.1) is 0 Å². The lowest BCUT2D eigenvalue weighted by Crippen LogP contribution is -2.51. The van der Waals surface area contributed by atoms with Crippen LogP contribution in [0.2, 0.25) is 0 Å². The minimum absolute atomic E-state index is 0.0861. The second kappa shape index (κ2) is 7.40. The van der Waals surface area contributed by atoms with E-state index < -0.39 is 21.7 Å². The van der Waals surface area contributed by atoms with Gasteiger partial charge in [-0.3, -0.25) is 0 Å². The van der Waals surface area contributed by atoms with Gasteiger partial charge in [-0.2, -0.15) is 0 Å². The summed E-state index contributed by atoms with van der Waals surface area (Å²) >= 11 is 0. The molecule has 0 rings (SSSR count). The van der Waals surface area contributed by atoms with Gasteiger partial charge in [0.2, 0.25) is 10.0 Å². The van der Waals surface area contributed by atoms with Gasteiger partial charge < -0.3 is 15.2 Å². The Kier molecular flexibility index (Phi) is 7.31. The Hall–Kier alpha value is -0.210. The van der Waals surface area contributed by atoms with E-state index >= 15 is 0 Å². The molecule has 18 heavy (non-hydrogen) atoms. The average molecular weight is 282 g/mol. The highest BCUT2D eigenvalue weighted by Crippen LogP contribution is 2.02. The van der Waals surface area contributed by atoms with E-state index in [0.717, 1.165) is 6.26 Å². The predicted octanol–water partition coefficient (Wildman–Crippen LogP) is -0.310. The number of aliphatic hydroxyl groups excluding tert-OH is 1. The average Bonchev–Trinajstić information content (AvgIpc) is 2.10. The summed E-state index contributed by atoms with van der Waals surface area (Å²) in [6.45, 7) is 8.42. The highest BCUT2D eigenvalue weighted by atomic mass is 32.2. The first-order chi connectivity index (χ1) is 8.02. The lowest BCUT2D eigenvalue weighted by atomic mass is 10.1. The van der Waals surface area contributed by atoms with Gasteiger partial charge in [-0.25, -0.2) is 13.1 Å². The number of hydrogen-bond donors (Lipinski definition) is 3. The molecule has 0 radical (unpaired) electrons. The summed E-state index contributed by atoms with van der Waals surface area (Å²) in [5, 5.41) is 12.6. The van der Waals surface area contributed by atoms with Crippen molar-refractivity contribution in [3.05, 3.63) is 0 Å². The van der Waals surface area contributed by atoms with Crippen molar-refractivity contribution in [2.75, 3.05) is 26.0 Å². The zero-order valence-corrected chi connectivity index (χ0v) is 12.7. The standard InChI is InChI=1S/C11H26N2O4S/c1-9(2)17-7-10(14)6-12-8-11(3,4)13-18(5,15)16/h9-10,12-14H,6-8H2,1-5H3. The van der Waals surface area contributed by atoms with Crippen molar-refractivity contribution in [3.63, 3.8) is 0 Å². The minimum Gasteiger partial charge on any atom is -0.389 e. The number of sulfonamides is 1. The molecule has 0 aromatic carbocycles. The summed E-state index contributed by atoms with van der Waals surface area (Å²) in [7, 11) is -3.23. The summed E-state index contributed by atoms with van der Waals surface area (Å²) in [6.07, 6.45) is 0.615. The Morgan fingerprint density at radius 3 is 2.33 bits per heavy atom. The van der Waals surface area contributed by atoms with Crippen LogP contribution in [-0.2, 0) is 14.8 Å². The van der Waals surface area contributed by atoms with Crippen LogP contribution in [0.1, 0.15) is 27.7 Å². The molecule has 0 bridgehead atoms. The maximum atomic E-state index is 11.1. The van der Waals surface area contributed by atoms with Gasteiger partial charge in [0.15, 0.2) is 0 Å². The highest BCUT2D eigenvalue weighted by Gasteiger charge is 2.21. The van der Waals surface area contributed by atoms with Gasteiger partial charge in [-0.15, -0.1) is 0 Å². The summed E-state index contributed by atoms with van der Waals surface area (Å²) in [5.41, 5.74) is -0.591. The Morgan fingerprint density at radius 1 is 1.33 bits per heavy atom. The normalized spacial score (nSPS) is 15.1. The topological polar surface area (TPSA) is 87.7 Å². The van der Waals surface area contributed by atoms with Crippen LogP contribution < -0.4 is 10.0 Å². The second-order valence-corrected chi connectivity index (χ2v) is 7.17. The van der Waals surface area contributed by atoms with E-state index in [1.54, 1.807) is 13.8 Å². The monoisotopic (exact) mass is 282 g/mol. The van der Waals surface area contributed by atoms with Gasteiger partial charge in [0.05, 0.1) is 25.1 Å². The molecule has 0 aromatic heterocycles. The molecule has 0 spiro atoms. The second-order valence-electron chi connectivity index (χ2n) is 5.42. The van der Waals surface area contributed by atoms with Crippen molar-refractivity contribution in [1.29, 1.82) is 0 Å². The molecule has 0 amide bonds. The molecule has 3 N–H and O–H groups in total. The van der Waals surface area contributed by atoms with Crippen molar-refractivity contribution >= 4 is 10.0 Å². The first-order valence-corrected chi connectivity index (χ1v) is 7.90. The van der Waals surface area contributed by atoms with Crippen molar-refractivity contribution in [2.45, 2.75) is 45.4 Å². The molecule has 0 aliphatic carbocycles. The van der Waals surface area contributed by atoms with E-state index in [2.05, 4.69) is 10.0 Å². The van der Waals surface area contributed by atoms with Crippen molar-refractivity contribution in [3.8, 4) is 0 Å². The van der Waals surface area contributed by atoms with Crippen molar-refractivity contribution in [2.24, 2.45) is 0 Å². The van der Waals surface area contributed by atoms with E-state index in [4.69, 9.17) is 4.74 Å². The van der Waals surface area contributed by atoms with Crippen LogP contribution in [0.5, 0.6) is 0 Å². The summed E-state index contributed by atoms with van der Waals surface area (Å²) < 4.78 is 30.0. The molecule has 110 valence electrons. The molecule has 1 atom stereocenters. The molecule has 0 fully saturated rings. The number of ether oxygens (including phenoxy) is 1. The number of hydrogen-bond acceptors (Lipinski definition) is 5. The zero-order chi connectivity index (χ0) is 14.4. The lowest BCUT2D eigenvalue weighted by molar-refractivity contribution is 0.00608. The first kappa shape index (κ1) is 17.8. The smallest absolute Gasteiger partial charge is 0.209 e. The third-order valence-corrected chi connectivity index (χ3v) is 2.95. The molecule has 0 aliphatic rings. The molecule has 7 heteroatoms. The largest absolute Gasteiger partial charge is 0.389 e. The Balaban J connectivity index is 3.89. The van der Waals surface area contributed by atoms with Gasteiger partial charge in [-0.05, 0) is 27.7 Å². The predicted molar refractivity (Wildman–Crippen MR) is 72.0 cm³/mol. The van der Waals surface area contributed by atoms with Crippen LogP contribution in [0.4, 0.5) is 0 Å². The van der Waals surface area contributed by atoms with Crippen molar-refractivity contribution < 1.29 is 18.3 Å².